The normalized spacial score (nSPS) is 12.7. The summed E-state index contributed by atoms with van der Waals surface area (Å²) in [7, 11) is 5.28. The second-order valence-electron chi connectivity index (χ2n) is 4.51. The Labute approximate surface area is 114 Å². The van der Waals surface area contributed by atoms with Crippen LogP contribution in [0.15, 0.2) is 18.2 Å². The van der Waals surface area contributed by atoms with E-state index in [0.717, 1.165) is 13.0 Å². The minimum absolute atomic E-state index is 0.114. The van der Waals surface area contributed by atoms with Crippen LogP contribution in [0.25, 0.3) is 0 Å². The van der Waals surface area contributed by atoms with Crippen molar-refractivity contribution in [3.63, 3.8) is 0 Å². The van der Waals surface area contributed by atoms with Gasteiger partial charge in [-0.25, -0.2) is 4.39 Å². The highest BCUT2D eigenvalue weighted by atomic mass is 19.1. The number of hydrogen-bond donors (Lipinski definition) is 2. The highest BCUT2D eigenvalue weighted by Crippen LogP contribution is 2.29. The van der Waals surface area contributed by atoms with Crippen LogP contribution >= 0.6 is 0 Å². The van der Waals surface area contributed by atoms with Gasteiger partial charge in [0.1, 0.15) is 11.6 Å². The molecule has 19 heavy (non-hydrogen) atoms. The van der Waals surface area contributed by atoms with E-state index in [2.05, 4.69) is 5.32 Å². The Kier molecular flexibility index (Phi) is 6.77. The Morgan fingerprint density at radius 1 is 1.42 bits per heavy atom. The highest BCUT2D eigenvalue weighted by Gasteiger charge is 2.19. The van der Waals surface area contributed by atoms with Crippen molar-refractivity contribution in [3.05, 3.63) is 29.6 Å². The Balaban J connectivity index is 2.79. The number of nitrogens with zero attached hydrogens (tertiary/aromatic N) is 1. The number of rotatable bonds is 8. The number of likely N-dealkylation sites (N-methyl/N-ethyl adjacent to an activating group) is 1. The standard InChI is InChI=1S/C14H23FN2O2/c1-16-12(7-8-17(2)9-10-18)14-11(15)5-4-6-13(14)19-3/h4-6,12,16,18H,7-10H2,1-3H3. The van der Waals surface area contributed by atoms with Gasteiger partial charge in [0.05, 0.1) is 13.7 Å². The van der Waals surface area contributed by atoms with Crippen molar-refractivity contribution in [1.29, 1.82) is 0 Å². The molecule has 1 atom stereocenters. The van der Waals surface area contributed by atoms with Crippen molar-refractivity contribution >= 4 is 0 Å². The van der Waals surface area contributed by atoms with Crippen LogP contribution in [-0.4, -0.2) is 50.9 Å². The first-order valence-electron chi connectivity index (χ1n) is 6.43. The number of aliphatic hydroxyl groups is 1. The Morgan fingerprint density at radius 2 is 2.16 bits per heavy atom. The Bertz CT molecular complexity index is 388. The molecule has 2 N–H and O–H groups in total. The van der Waals surface area contributed by atoms with Crippen LogP contribution in [0.1, 0.15) is 18.0 Å². The number of halogens is 1. The third-order valence-corrected chi connectivity index (χ3v) is 3.21. The van der Waals surface area contributed by atoms with E-state index < -0.39 is 0 Å². The summed E-state index contributed by atoms with van der Waals surface area (Å²) in [5.41, 5.74) is 0.560. The molecule has 0 aliphatic rings. The molecule has 0 bridgehead atoms. The first kappa shape index (κ1) is 15.9. The van der Waals surface area contributed by atoms with Crippen LogP contribution in [0.3, 0.4) is 0 Å². The van der Waals surface area contributed by atoms with E-state index in [0.29, 0.717) is 17.9 Å². The average molecular weight is 270 g/mol. The second-order valence-corrected chi connectivity index (χ2v) is 4.51. The monoisotopic (exact) mass is 270 g/mol. The zero-order valence-corrected chi connectivity index (χ0v) is 11.8. The maximum atomic E-state index is 14.0. The Hall–Kier alpha value is -1.17. The van der Waals surface area contributed by atoms with Crippen LogP contribution in [0.5, 0.6) is 5.75 Å². The lowest BCUT2D eigenvalue weighted by Crippen LogP contribution is -2.28. The van der Waals surface area contributed by atoms with Crippen molar-refractivity contribution in [3.8, 4) is 5.75 Å². The summed E-state index contributed by atoms with van der Waals surface area (Å²) in [6.07, 6.45) is 0.740. The average Bonchev–Trinajstić information content (AvgIpc) is 2.41. The van der Waals surface area contributed by atoms with Crippen molar-refractivity contribution in [2.24, 2.45) is 0 Å². The van der Waals surface area contributed by atoms with Gasteiger partial charge in [0, 0.05) is 18.2 Å². The van der Waals surface area contributed by atoms with Gasteiger partial charge in [-0.15, -0.1) is 0 Å². The number of methoxy groups -OCH3 is 1. The maximum absolute atomic E-state index is 14.0. The summed E-state index contributed by atoms with van der Waals surface area (Å²) < 4.78 is 19.2. The topological polar surface area (TPSA) is 44.7 Å². The largest absolute Gasteiger partial charge is 0.496 e. The predicted molar refractivity (Wildman–Crippen MR) is 74.0 cm³/mol. The number of benzene rings is 1. The van der Waals surface area contributed by atoms with Crippen LogP contribution in [0.2, 0.25) is 0 Å². The highest BCUT2D eigenvalue weighted by molar-refractivity contribution is 5.37. The van der Waals surface area contributed by atoms with Crippen molar-refractivity contribution in [2.45, 2.75) is 12.5 Å². The van der Waals surface area contributed by atoms with Gasteiger partial charge < -0.3 is 20.1 Å². The first-order chi connectivity index (χ1) is 9.13. The van der Waals surface area contributed by atoms with E-state index in [4.69, 9.17) is 9.84 Å². The summed E-state index contributed by atoms with van der Waals surface area (Å²) in [5, 5.41) is 12.0. The molecule has 0 saturated heterocycles. The summed E-state index contributed by atoms with van der Waals surface area (Å²) in [4.78, 5) is 2.01. The minimum atomic E-state index is -0.261. The molecule has 4 nitrogen and oxygen atoms in total. The molecule has 108 valence electrons. The lowest BCUT2D eigenvalue weighted by atomic mass is 10.0. The van der Waals surface area contributed by atoms with Crippen LogP contribution < -0.4 is 10.1 Å². The summed E-state index contributed by atoms with van der Waals surface area (Å²) in [6, 6.07) is 4.74. The molecule has 0 radical (unpaired) electrons. The summed E-state index contributed by atoms with van der Waals surface area (Å²) >= 11 is 0. The van der Waals surface area contributed by atoms with E-state index >= 15 is 0 Å². The molecule has 0 aliphatic heterocycles. The summed E-state index contributed by atoms with van der Waals surface area (Å²) in [5.74, 6) is 0.299. The molecule has 1 aromatic carbocycles. The van der Waals surface area contributed by atoms with Gasteiger partial charge in [0.2, 0.25) is 0 Å². The SMILES string of the molecule is CNC(CCN(C)CCO)c1c(F)cccc1OC. The fraction of sp³-hybridized carbons (Fsp3) is 0.571. The van der Waals surface area contributed by atoms with E-state index in [1.165, 1.54) is 6.07 Å². The molecular weight excluding hydrogens is 247 g/mol. The lowest BCUT2D eigenvalue weighted by Gasteiger charge is -2.23. The zero-order valence-electron chi connectivity index (χ0n) is 11.8. The van der Waals surface area contributed by atoms with Gasteiger partial charge in [-0.1, -0.05) is 6.07 Å². The van der Waals surface area contributed by atoms with Crippen molar-refractivity contribution in [2.75, 3.05) is 40.9 Å². The van der Waals surface area contributed by atoms with Gasteiger partial charge in [-0.2, -0.15) is 0 Å². The number of ether oxygens (including phenoxy) is 1. The Morgan fingerprint density at radius 3 is 2.74 bits per heavy atom. The van der Waals surface area contributed by atoms with Crippen LogP contribution in [0.4, 0.5) is 4.39 Å². The smallest absolute Gasteiger partial charge is 0.131 e. The zero-order chi connectivity index (χ0) is 14.3. The molecule has 0 fully saturated rings. The molecule has 1 rings (SSSR count). The van der Waals surface area contributed by atoms with Gasteiger partial charge >= 0.3 is 0 Å². The summed E-state index contributed by atoms with van der Waals surface area (Å²) in [6.45, 7) is 1.51. The molecule has 1 aromatic rings. The second kappa shape index (κ2) is 8.09. The van der Waals surface area contributed by atoms with E-state index in [1.54, 1.807) is 19.2 Å². The molecule has 0 saturated carbocycles. The van der Waals surface area contributed by atoms with E-state index in [9.17, 15) is 4.39 Å². The number of hydrogen-bond acceptors (Lipinski definition) is 4. The molecule has 0 aliphatic carbocycles. The minimum Gasteiger partial charge on any atom is -0.496 e. The third kappa shape index (κ3) is 4.45. The molecular formula is C14H23FN2O2. The van der Waals surface area contributed by atoms with Gasteiger partial charge in [0.15, 0.2) is 0 Å². The van der Waals surface area contributed by atoms with Crippen molar-refractivity contribution in [1.82, 2.24) is 10.2 Å². The predicted octanol–water partition coefficient (Wildman–Crippen LogP) is 1.41. The van der Waals surface area contributed by atoms with Gasteiger partial charge in [0.25, 0.3) is 0 Å². The molecule has 0 heterocycles. The molecule has 5 heteroatoms. The van der Waals surface area contributed by atoms with Crippen LogP contribution in [0, 0.1) is 5.82 Å². The molecule has 0 amide bonds. The first-order valence-corrected chi connectivity index (χ1v) is 6.43. The fourth-order valence-corrected chi connectivity index (χ4v) is 2.10. The quantitative estimate of drug-likeness (QED) is 0.749. The number of aliphatic hydroxyl groups excluding tert-OH is 1. The van der Waals surface area contributed by atoms with E-state index in [-0.39, 0.29) is 18.5 Å². The molecule has 0 spiro atoms. The van der Waals surface area contributed by atoms with Gasteiger partial charge in [-0.05, 0) is 39.2 Å². The van der Waals surface area contributed by atoms with Crippen LogP contribution in [-0.2, 0) is 0 Å². The van der Waals surface area contributed by atoms with Crippen molar-refractivity contribution < 1.29 is 14.2 Å². The van der Waals surface area contributed by atoms with Gasteiger partial charge in [-0.3, -0.25) is 0 Å². The molecule has 1 unspecified atom stereocenters. The number of nitrogens with one attached hydrogen (secondary N) is 1. The maximum Gasteiger partial charge on any atom is 0.131 e. The molecule has 0 aromatic heterocycles. The fourth-order valence-electron chi connectivity index (χ4n) is 2.10. The third-order valence-electron chi connectivity index (χ3n) is 3.21. The van der Waals surface area contributed by atoms with E-state index in [1.807, 2.05) is 19.0 Å². The lowest BCUT2D eigenvalue weighted by molar-refractivity contribution is 0.215.